The van der Waals surface area contributed by atoms with E-state index in [2.05, 4.69) is 20.4 Å². The van der Waals surface area contributed by atoms with Crippen LogP contribution in [0.1, 0.15) is 25.2 Å². The highest BCUT2D eigenvalue weighted by atomic mass is 19.1. The van der Waals surface area contributed by atoms with Gasteiger partial charge >= 0.3 is 0 Å². The standard InChI is InChI=1S/C20H19FN4O2/c21-15-4-6-16(7-5-15)26-17-8-3-13(10-23-17)18-24-19(27-25-18)20-9-1-2-14(20)11-22-12-20/h3-8,10,14,22H,1-2,9,11-12H2/t14-,20-/m1/s1. The minimum atomic E-state index is -0.306. The van der Waals surface area contributed by atoms with Crippen LogP contribution in [0.25, 0.3) is 11.4 Å². The highest BCUT2D eigenvalue weighted by Crippen LogP contribution is 2.47. The number of pyridine rings is 1. The van der Waals surface area contributed by atoms with Crippen molar-refractivity contribution in [1.29, 1.82) is 0 Å². The van der Waals surface area contributed by atoms with E-state index in [0.717, 1.165) is 31.0 Å². The monoisotopic (exact) mass is 366 g/mol. The van der Waals surface area contributed by atoms with Gasteiger partial charge < -0.3 is 14.6 Å². The molecule has 5 rings (SSSR count). The molecule has 1 aliphatic heterocycles. The van der Waals surface area contributed by atoms with Crippen LogP contribution in [0.5, 0.6) is 11.6 Å². The molecule has 1 N–H and O–H groups in total. The van der Waals surface area contributed by atoms with Crippen molar-refractivity contribution in [2.45, 2.75) is 24.7 Å². The first-order valence-electron chi connectivity index (χ1n) is 9.18. The summed E-state index contributed by atoms with van der Waals surface area (Å²) in [6.45, 7) is 1.93. The zero-order valence-electron chi connectivity index (χ0n) is 14.7. The fourth-order valence-electron chi connectivity index (χ4n) is 4.24. The molecule has 2 fully saturated rings. The van der Waals surface area contributed by atoms with Gasteiger partial charge in [0.05, 0.1) is 5.41 Å². The molecule has 1 saturated carbocycles. The summed E-state index contributed by atoms with van der Waals surface area (Å²) in [4.78, 5) is 8.97. The van der Waals surface area contributed by atoms with E-state index in [9.17, 15) is 4.39 Å². The lowest BCUT2D eigenvalue weighted by Crippen LogP contribution is -2.31. The maximum atomic E-state index is 13.0. The van der Waals surface area contributed by atoms with Crippen molar-refractivity contribution in [3.05, 3.63) is 54.3 Å². The van der Waals surface area contributed by atoms with Crippen molar-refractivity contribution in [2.24, 2.45) is 5.92 Å². The summed E-state index contributed by atoms with van der Waals surface area (Å²) in [5.41, 5.74) is 0.762. The lowest BCUT2D eigenvalue weighted by atomic mass is 9.80. The number of aromatic nitrogens is 3. The molecular formula is C20H19FN4O2. The largest absolute Gasteiger partial charge is 0.439 e. The number of rotatable bonds is 4. The van der Waals surface area contributed by atoms with E-state index < -0.39 is 0 Å². The van der Waals surface area contributed by atoms with Crippen LogP contribution in [0, 0.1) is 11.7 Å². The van der Waals surface area contributed by atoms with E-state index >= 15 is 0 Å². The molecule has 27 heavy (non-hydrogen) atoms. The molecule has 1 aromatic carbocycles. The van der Waals surface area contributed by atoms with Crippen LogP contribution >= 0.6 is 0 Å². The van der Waals surface area contributed by atoms with E-state index in [-0.39, 0.29) is 11.2 Å². The molecule has 0 radical (unpaired) electrons. The Kier molecular flexibility index (Phi) is 3.89. The van der Waals surface area contributed by atoms with Crippen LogP contribution in [0.3, 0.4) is 0 Å². The predicted molar refractivity (Wildman–Crippen MR) is 95.9 cm³/mol. The number of ether oxygens (including phenoxy) is 1. The average Bonchev–Trinajstić information content (AvgIpc) is 3.39. The van der Waals surface area contributed by atoms with Crippen LogP contribution in [0.15, 0.2) is 47.1 Å². The van der Waals surface area contributed by atoms with E-state index in [1.807, 2.05) is 6.07 Å². The number of fused-ring (bicyclic) bond motifs is 1. The van der Waals surface area contributed by atoms with E-state index in [1.165, 1.54) is 25.0 Å². The van der Waals surface area contributed by atoms with Gasteiger partial charge in [0.1, 0.15) is 11.6 Å². The topological polar surface area (TPSA) is 73.1 Å². The molecule has 2 aliphatic rings. The van der Waals surface area contributed by atoms with Gasteiger partial charge in [0.25, 0.3) is 0 Å². The van der Waals surface area contributed by atoms with Crippen molar-refractivity contribution < 1.29 is 13.7 Å². The summed E-state index contributed by atoms with van der Waals surface area (Å²) in [6.07, 6.45) is 5.17. The maximum Gasteiger partial charge on any atom is 0.234 e. The Hall–Kier alpha value is -2.80. The van der Waals surface area contributed by atoms with Crippen molar-refractivity contribution in [3.63, 3.8) is 0 Å². The van der Waals surface area contributed by atoms with Crippen LogP contribution in [0.4, 0.5) is 4.39 Å². The molecule has 0 amide bonds. The first-order valence-corrected chi connectivity index (χ1v) is 9.18. The lowest BCUT2D eigenvalue weighted by molar-refractivity contribution is 0.265. The molecule has 0 spiro atoms. The molecular weight excluding hydrogens is 347 g/mol. The lowest BCUT2D eigenvalue weighted by Gasteiger charge is -2.22. The smallest absolute Gasteiger partial charge is 0.234 e. The molecule has 3 heterocycles. The van der Waals surface area contributed by atoms with Crippen molar-refractivity contribution in [1.82, 2.24) is 20.4 Å². The van der Waals surface area contributed by atoms with Gasteiger partial charge in [-0.15, -0.1) is 0 Å². The van der Waals surface area contributed by atoms with Gasteiger partial charge in [-0.2, -0.15) is 4.98 Å². The number of nitrogens with zero attached hydrogens (tertiary/aromatic N) is 3. The Morgan fingerprint density at radius 2 is 2.07 bits per heavy atom. The predicted octanol–water partition coefficient (Wildman–Crippen LogP) is 3.70. The second-order valence-corrected chi connectivity index (χ2v) is 7.24. The second-order valence-electron chi connectivity index (χ2n) is 7.24. The molecule has 138 valence electrons. The first-order chi connectivity index (χ1) is 13.2. The van der Waals surface area contributed by atoms with Crippen molar-refractivity contribution in [2.75, 3.05) is 13.1 Å². The quantitative estimate of drug-likeness (QED) is 0.759. The van der Waals surface area contributed by atoms with Gasteiger partial charge in [0.2, 0.25) is 17.6 Å². The third kappa shape index (κ3) is 2.88. The number of hydrogen-bond donors (Lipinski definition) is 1. The summed E-state index contributed by atoms with van der Waals surface area (Å²) in [6, 6.07) is 9.39. The summed E-state index contributed by atoms with van der Waals surface area (Å²) in [7, 11) is 0. The SMILES string of the molecule is Fc1ccc(Oc2ccc(-c3noc([C@@]45CCC[C@@H]4CNC5)n3)cn2)cc1. The van der Waals surface area contributed by atoms with E-state index in [1.54, 1.807) is 24.4 Å². The molecule has 1 saturated heterocycles. The molecule has 2 atom stereocenters. The Balaban J connectivity index is 1.35. The molecule has 0 unspecified atom stereocenters. The van der Waals surface area contributed by atoms with Gasteiger partial charge in [-0.1, -0.05) is 11.6 Å². The Bertz CT molecular complexity index is 929. The number of hydrogen-bond acceptors (Lipinski definition) is 6. The Labute approximate surface area is 155 Å². The molecule has 6 nitrogen and oxygen atoms in total. The Morgan fingerprint density at radius 1 is 1.19 bits per heavy atom. The number of benzene rings is 1. The molecule has 7 heteroatoms. The summed E-state index contributed by atoms with van der Waals surface area (Å²) < 4.78 is 24.2. The molecule has 0 bridgehead atoms. The van der Waals surface area contributed by atoms with Crippen LogP contribution in [-0.4, -0.2) is 28.2 Å². The van der Waals surface area contributed by atoms with E-state index in [0.29, 0.717) is 23.4 Å². The zero-order chi connectivity index (χ0) is 18.3. The van der Waals surface area contributed by atoms with Gasteiger partial charge in [-0.3, -0.25) is 0 Å². The average molecular weight is 366 g/mol. The summed E-state index contributed by atoms with van der Waals surface area (Å²) >= 11 is 0. The molecule has 3 aromatic rings. The maximum absolute atomic E-state index is 13.0. The van der Waals surface area contributed by atoms with Gasteiger partial charge in [0, 0.05) is 24.4 Å². The van der Waals surface area contributed by atoms with Gasteiger partial charge in [-0.05, 0) is 55.6 Å². The highest BCUT2D eigenvalue weighted by molar-refractivity contribution is 5.53. The normalized spacial score (nSPS) is 24.1. The highest BCUT2D eigenvalue weighted by Gasteiger charge is 2.51. The second kappa shape index (κ2) is 6.42. The third-order valence-electron chi connectivity index (χ3n) is 5.67. The van der Waals surface area contributed by atoms with E-state index in [4.69, 9.17) is 9.26 Å². The minimum absolute atomic E-state index is 0.00961. The van der Waals surface area contributed by atoms with Crippen LogP contribution < -0.4 is 10.1 Å². The van der Waals surface area contributed by atoms with Crippen molar-refractivity contribution in [3.8, 4) is 23.0 Å². The van der Waals surface area contributed by atoms with Gasteiger partial charge in [-0.25, -0.2) is 9.37 Å². The summed E-state index contributed by atoms with van der Waals surface area (Å²) in [5, 5.41) is 7.64. The summed E-state index contributed by atoms with van der Waals surface area (Å²) in [5.74, 6) is 2.49. The minimum Gasteiger partial charge on any atom is -0.439 e. The number of halogens is 1. The first kappa shape index (κ1) is 16.4. The Morgan fingerprint density at radius 3 is 2.89 bits per heavy atom. The van der Waals surface area contributed by atoms with Crippen molar-refractivity contribution >= 4 is 0 Å². The fourth-order valence-corrected chi connectivity index (χ4v) is 4.24. The van der Waals surface area contributed by atoms with Crippen LogP contribution in [-0.2, 0) is 5.41 Å². The zero-order valence-corrected chi connectivity index (χ0v) is 14.7. The fraction of sp³-hybridized carbons (Fsp3) is 0.350. The van der Waals surface area contributed by atoms with Gasteiger partial charge in [0.15, 0.2) is 0 Å². The molecule has 1 aliphatic carbocycles. The molecule has 2 aromatic heterocycles. The van der Waals surface area contributed by atoms with Crippen LogP contribution in [0.2, 0.25) is 0 Å². The third-order valence-corrected chi connectivity index (χ3v) is 5.67. The number of nitrogens with one attached hydrogen (secondary N) is 1.